The van der Waals surface area contributed by atoms with Gasteiger partial charge in [0, 0.05) is 12.8 Å². The summed E-state index contributed by atoms with van der Waals surface area (Å²) in [5, 5.41) is 0. The third-order valence-electron chi connectivity index (χ3n) is 2.92. The van der Waals surface area contributed by atoms with Gasteiger partial charge in [0.1, 0.15) is 5.82 Å². The van der Waals surface area contributed by atoms with E-state index in [0.717, 1.165) is 31.4 Å². The van der Waals surface area contributed by atoms with Gasteiger partial charge in [-0.05, 0) is 43.7 Å². The van der Waals surface area contributed by atoms with Crippen LogP contribution in [-0.2, 0) is 11.2 Å². The molecule has 0 amide bonds. The standard InChI is InChI=1S/C12H18N2O/c13-12-10(5-2-8-14-12)4-1-6-11-7-3-9-15-11/h2,5,8,11H,1,3-4,6-7,9H2,(H2,13,14). The quantitative estimate of drug-likeness (QED) is 0.821. The van der Waals surface area contributed by atoms with Crippen LogP contribution in [0.5, 0.6) is 0 Å². The topological polar surface area (TPSA) is 48.1 Å². The van der Waals surface area contributed by atoms with Crippen LogP contribution in [0.25, 0.3) is 0 Å². The van der Waals surface area contributed by atoms with Gasteiger partial charge < -0.3 is 10.5 Å². The monoisotopic (exact) mass is 206 g/mol. The summed E-state index contributed by atoms with van der Waals surface area (Å²) in [5.41, 5.74) is 6.93. The van der Waals surface area contributed by atoms with Crippen LogP contribution in [0, 0.1) is 0 Å². The molecule has 15 heavy (non-hydrogen) atoms. The molecule has 82 valence electrons. The number of nitrogen functional groups attached to an aromatic ring is 1. The molecule has 0 aliphatic carbocycles. The van der Waals surface area contributed by atoms with Crippen molar-refractivity contribution in [2.24, 2.45) is 0 Å². The van der Waals surface area contributed by atoms with Crippen molar-refractivity contribution < 1.29 is 4.74 Å². The van der Waals surface area contributed by atoms with Gasteiger partial charge in [-0.25, -0.2) is 4.98 Å². The Balaban J connectivity index is 1.75. The first-order chi connectivity index (χ1) is 7.36. The van der Waals surface area contributed by atoms with Gasteiger partial charge in [-0.15, -0.1) is 0 Å². The SMILES string of the molecule is Nc1ncccc1CCCC1CCCO1. The lowest BCUT2D eigenvalue weighted by atomic mass is 10.1. The predicted molar refractivity (Wildman–Crippen MR) is 60.6 cm³/mol. The fraction of sp³-hybridized carbons (Fsp3) is 0.583. The Bertz CT molecular complexity index is 308. The van der Waals surface area contributed by atoms with E-state index < -0.39 is 0 Å². The molecule has 2 heterocycles. The highest BCUT2D eigenvalue weighted by Crippen LogP contribution is 2.19. The van der Waals surface area contributed by atoms with Crippen LogP contribution in [0.3, 0.4) is 0 Å². The minimum absolute atomic E-state index is 0.489. The summed E-state index contributed by atoms with van der Waals surface area (Å²) in [6.45, 7) is 0.944. The van der Waals surface area contributed by atoms with Crippen LogP contribution < -0.4 is 5.73 Å². The summed E-state index contributed by atoms with van der Waals surface area (Å²) in [5.74, 6) is 0.671. The molecule has 0 saturated carbocycles. The van der Waals surface area contributed by atoms with Crippen molar-refractivity contribution in [2.75, 3.05) is 12.3 Å². The van der Waals surface area contributed by atoms with Crippen LogP contribution in [0.15, 0.2) is 18.3 Å². The molecule has 0 spiro atoms. The molecule has 1 aromatic rings. The molecule has 3 nitrogen and oxygen atoms in total. The molecule has 0 bridgehead atoms. The van der Waals surface area contributed by atoms with Crippen molar-refractivity contribution in [1.82, 2.24) is 4.98 Å². The van der Waals surface area contributed by atoms with E-state index in [1.54, 1.807) is 6.20 Å². The largest absolute Gasteiger partial charge is 0.383 e. The fourth-order valence-corrected chi connectivity index (χ4v) is 2.05. The third kappa shape index (κ3) is 2.93. The van der Waals surface area contributed by atoms with Gasteiger partial charge >= 0.3 is 0 Å². The van der Waals surface area contributed by atoms with E-state index in [9.17, 15) is 0 Å². The van der Waals surface area contributed by atoms with Crippen LogP contribution in [0.2, 0.25) is 0 Å². The summed E-state index contributed by atoms with van der Waals surface area (Å²) < 4.78 is 5.57. The number of ether oxygens (including phenoxy) is 1. The molecule has 2 rings (SSSR count). The summed E-state index contributed by atoms with van der Waals surface area (Å²) >= 11 is 0. The van der Waals surface area contributed by atoms with Gasteiger partial charge in [0.05, 0.1) is 6.10 Å². The Morgan fingerprint density at radius 3 is 3.20 bits per heavy atom. The van der Waals surface area contributed by atoms with Gasteiger partial charge in [0.2, 0.25) is 0 Å². The molecular formula is C12H18N2O. The fourth-order valence-electron chi connectivity index (χ4n) is 2.05. The zero-order valence-electron chi connectivity index (χ0n) is 8.98. The number of hydrogen-bond donors (Lipinski definition) is 1. The van der Waals surface area contributed by atoms with Crippen molar-refractivity contribution in [3.63, 3.8) is 0 Å². The molecule has 1 aliphatic rings. The predicted octanol–water partition coefficient (Wildman–Crippen LogP) is 2.17. The Morgan fingerprint density at radius 2 is 2.47 bits per heavy atom. The van der Waals surface area contributed by atoms with Crippen LogP contribution in [-0.4, -0.2) is 17.7 Å². The summed E-state index contributed by atoms with van der Waals surface area (Å²) in [4.78, 5) is 4.08. The first-order valence-electron chi connectivity index (χ1n) is 5.67. The number of aryl methyl sites for hydroxylation is 1. The lowest BCUT2D eigenvalue weighted by molar-refractivity contribution is 0.102. The van der Waals surface area contributed by atoms with Crippen LogP contribution in [0.1, 0.15) is 31.2 Å². The molecular weight excluding hydrogens is 188 g/mol. The average molecular weight is 206 g/mol. The molecule has 1 aromatic heterocycles. The van der Waals surface area contributed by atoms with Crippen molar-refractivity contribution in [3.05, 3.63) is 23.9 Å². The second kappa shape index (κ2) is 5.12. The number of nitrogens with zero attached hydrogens (tertiary/aromatic N) is 1. The smallest absolute Gasteiger partial charge is 0.126 e. The third-order valence-corrected chi connectivity index (χ3v) is 2.92. The number of pyridine rings is 1. The first-order valence-corrected chi connectivity index (χ1v) is 5.67. The molecule has 1 aliphatic heterocycles. The van der Waals surface area contributed by atoms with E-state index in [1.807, 2.05) is 6.07 Å². The second-order valence-electron chi connectivity index (χ2n) is 4.08. The maximum absolute atomic E-state index is 5.77. The zero-order chi connectivity index (χ0) is 10.5. The maximum atomic E-state index is 5.77. The summed E-state index contributed by atoms with van der Waals surface area (Å²) in [6, 6.07) is 4.00. The lowest BCUT2D eigenvalue weighted by Gasteiger charge is -2.09. The number of nitrogens with two attached hydrogens (primary N) is 1. The molecule has 2 N–H and O–H groups in total. The zero-order valence-corrected chi connectivity index (χ0v) is 8.98. The van der Waals surface area contributed by atoms with E-state index in [1.165, 1.54) is 12.8 Å². The molecule has 1 unspecified atom stereocenters. The highest BCUT2D eigenvalue weighted by atomic mass is 16.5. The summed E-state index contributed by atoms with van der Waals surface area (Å²) in [7, 11) is 0. The van der Waals surface area contributed by atoms with Gasteiger partial charge in [0.25, 0.3) is 0 Å². The average Bonchev–Trinajstić information content (AvgIpc) is 2.74. The number of hydrogen-bond acceptors (Lipinski definition) is 3. The molecule has 1 fully saturated rings. The number of anilines is 1. The molecule has 1 saturated heterocycles. The Kier molecular flexibility index (Phi) is 3.56. The molecule has 0 radical (unpaired) electrons. The van der Waals surface area contributed by atoms with Gasteiger partial charge in [-0.2, -0.15) is 0 Å². The maximum Gasteiger partial charge on any atom is 0.126 e. The second-order valence-corrected chi connectivity index (χ2v) is 4.08. The number of rotatable bonds is 4. The van der Waals surface area contributed by atoms with E-state index in [2.05, 4.69) is 11.1 Å². The van der Waals surface area contributed by atoms with E-state index in [-0.39, 0.29) is 0 Å². The first kappa shape index (κ1) is 10.4. The van der Waals surface area contributed by atoms with E-state index in [4.69, 9.17) is 10.5 Å². The van der Waals surface area contributed by atoms with Gasteiger partial charge in [0.15, 0.2) is 0 Å². The Hall–Kier alpha value is -1.09. The van der Waals surface area contributed by atoms with Crippen molar-refractivity contribution in [3.8, 4) is 0 Å². The van der Waals surface area contributed by atoms with Gasteiger partial charge in [-0.3, -0.25) is 0 Å². The molecule has 3 heteroatoms. The lowest BCUT2D eigenvalue weighted by Crippen LogP contribution is -2.05. The minimum Gasteiger partial charge on any atom is -0.383 e. The van der Waals surface area contributed by atoms with Crippen LogP contribution >= 0.6 is 0 Å². The Labute approximate surface area is 90.7 Å². The van der Waals surface area contributed by atoms with Crippen LogP contribution in [0.4, 0.5) is 5.82 Å². The van der Waals surface area contributed by atoms with Crippen molar-refractivity contribution in [2.45, 2.75) is 38.2 Å². The van der Waals surface area contributed by atoms with Crippen molar-refractivity contribution >= 4 is 5.82 Å². The van der Waals surface area contributed by atoms with E-state index in [0.29, 0.717) is 11.9 Å². The minimum atomic E-state index is 0.489. The number of aromatic nitrogens is 1. The van der Waals surface area contributed by atoms with Gasteiger partial charge in [-0.1, -0.05) is 6.07 Å². The summed E-state index contributed by atoms with van der Waals surface area (Å²) in [6.07, 6.45) is 7.97. The normalized spacial score (nSPS) is 20.7. The molecule has 1 atom stereocenters. The molecule has 0 aromatic carbocycles. The highest BCUT2D eigenvalue weighted by Gasteiger charge is 2.14. The van der Waals surface area contributed by atoms with Crippen molar-refractivity contribution in [1.29, 1.82) is 0 Å². The highest BCUT2D eigenvalue weighted by molar-refractivity contribution is 5.38. The Morgan fingerprint density at radius 1 is 1.53 bits per heavy atom. The van der Waals surface area contributed by atoms with E-state index >= 15 is 0 Å².